The van der Waals surface area contributed by atoms with E-state index in [9.17, 15) is 4.79 Å². The van der Waals surface area contributed by atoms with E-state index in [1.165, 1.54) is 19.3 Å². The maximum atomic E-state index is 12.1. The fourth-order valence-electron chi connectivity index (χ4n) is 4.38. The average molecular weight is 231 g/mol. The topological polar surface area (TPSA) is 42.2 Å². The van der Waals surface area contributed by atoms with Gasteiger partial charge in [-0.25, -0.2) is 0 Å². The summed E-state index contributed by atoms with van der Waals surface area (Å²) in [6.07, 6.45) is 5.78. The summed E-state index contributed by atoms with van der Waals surface area (Å²) in [5.41, 5.74) is 0. The molecule has 0 radical (unpaired) electrons. The van der Waals surface area contributed by atoms with E-state index >= 15 is 0 Å². The van der Waals surface area contributed by atoms with Gasteiger partial charge in [-0.2, -0.15) is 0 Å². The molecule has 0 aliphatic heterocycles. The van der Waals surface area contributed by atoms with Crippen molar-refractivity contribution in [2.45, 2.75) is 25.8 Å². The van der Waals surface area contributed by atoms with Gasteiger partial charge in [-0.1, -0.05) is 0 Å². The highest BCUT2D eigenvalue weighted by Gasteiger charge is 2.67. The van der Waals surface area contributed by atoms with Gasteiger partial charge in [0.2, 0.25) is 5.91 Å². The van der Waals surface area contributed by atoms with Crippen molar-refractivity contribution in [2.75, 3.05) is 0 Å². The van der Waals surface area contributed by atoms with Crippen molar-refractivity contribution < 1.29 is 9.21 Å². The third-order valence-electron chi connectivity index (χ3n) is 5.06. The largest absolute Gasteiger partial charge is 0.467 e. The van der Waals surface area contributed by atoms with Crippen LogP contribution in [-0.2, 0) is 11.3 Å². The normalized spacial score (nSPS) is 41.3. The number of carbonyl (C=O) groups is 1. The van der Waals surface area contributed by atoms with Gasteiger partial charge in [-0.15, -0.1) is 0 Å². The first kappa shape index (κ1) is 9.75. The maximum absolute atomic E-state index is 12.1. The van der Waals surface area contributed by atoms with Crippen LogP contribution in [0.15, 0.2) is 22.8 Å². The van der Waals surface area contributed by atoms with Crippen LogP contribution in [0, 0.1) is 29.6 Å². The molecule has 0 aromatic carbocycles. The Labute approximate surface area is 101 Å². The standard InChI is InChI=1S/C14H17NO2/c16-14(15-7-10-2-1-5-17-10)13-11-8-3-4-9(6-8)12(11)13/h1-2,5,8-9,11-13H,3-4,6-7H2,(H,15,16)/t8-,9-,11-,12+,13?/m0/s1. The molecule has 5 atom stereocenters. The first-order valence-electron chi connectivity index (χ1n) is 6.64. The number of amides is 1. The third-order valence-corrected chi connectivity index (χ3v) is 5.06. The molecule has 0 saturated heterocycles. The summed E-state index contributed by atoms with van der Waals surface area (Å²) in [5, 5.41) is 3.01. The molecule has 90 valence electrons. The molecule has 3 fully saturated rings. The van der Waals surface area contributed by atoms with Crippen LogP contribution in [0.25, 0.3) is 0 Å². The molecule has 1 heterocycles. The fourth-order valence-corrected chi connectivity index (χ4v) is 4.38. The van der Waals surface area contributed by atoms with Gasteiger partial charge in [-0.05, 0) is 55.1 Å². The second kappa shape index (κ2) is 3.37. The predicted molar refractivity (Wildman–Crippen MR) is 61.9 cm³/mol. The Hall–Kier alpha value is -1.25. The Morgan fingerprint density at radius 1 is 1.35 bits per heavy atom. The van der Waals surface area contributed by atoms with Gasteiger partial charge in [0, 0.05) is 5.92 Å². The minimum absolute atomic E-state index is 0.257. The Balaban J connectivity index is 1.37. The van der Waals surface area contributed by atoms with Crippen LogP contribution < -0.4 is 5.32 Å². The molecule has 1 aromatic heterocycles. The zero-order valence-corrected chi connectivity index (χ0v) is 9.76. The molecule has 3 nitrogen and oxygen atoms in total. The number of furan rings is 1. The van der Waals surface area contributed by atoms with Gasteiger partial charge >= 0.3 is 0 Å². The first-order valence-corrected chi connectivity index (χ1v) is 6.64. The summed E-state index contributed by atoms with van der Waals surface area (Å²) >= 11 is 0. The highest BCUT2D eigenvalue weighted by molar-refractivity contribution is 5.82. The average Bonchev–Trinajstić information content (AvgIpc) is 2.80. The molecule has 0 spiro atoms. The van der Waals surface area contributed by atoms with E-state index in [1.807, 2.05) is 12.1 Å². The fraction of sp³-hybridized carbons (Fsp3) is 0.643. The van der Waals surface area contributed by atoms with Crippen LogP contribution in [0.4, 0.5) is 0 Å². The van der Waals surface area contributed by atoms with Crippen molar-refractivity contribution in [3.63, 3.8) is 0 Å². The van der Waals surface area contributed by atoms with E-state index in [-0.39, 0.29) is 5.91 Å². The summed E-state index contributed by atoms with van der Waals surface area (Å²) in [6, 6.07) is 3.76. The van der Waals surface area contributed by atoms with Crippen molar-refractivity contribution in [1.82, 2.24) is 5.32 Å². The van der Waals surface area contributed by atoms with E-state index in [4.69, 9.17) is 4.42 Å². The number of fused-ring (bicyclic) bond motifs is 5. The van der Waals surface area contributed by atoms with Crippen molar-refractivity contribution in [3.8, 4) is 0 Å². The van der Waals surface area contributed by atoms with Crippen molar-refractivity contribution in [1.29, 1.82) is 0 Å². The minimum Gasteiger partial charge on any atom is -0.467 e. The van der Waals surface area contributed by atoms with Crippen LogP contribution in [0.3, 0.4) is 0 Å². The summed E-state index contributed by atoms with van der Waals surface area (Å²) in [4.78, 5) is 12.1. The third kappa shape index (κ3) is 1.38. The lowest BCUT2D eigenvalue weighted by atomic mass is 10.0. The minimum atomic E-state index is 0.257. The molecule has 3 heteroatoms. The molecule has 4 rings (SSSR count). The van der Waals surface area contributed by atoms with Crippen LogP contribution in [0.1, 0.15) is 25.0 Å². The maximum Gasteiger partial charge on any atom is 0.224 e. The Kier molecular flexibility index (Phi) is 1.93. The number of rotatable bonds is 3. The molecule has 3 saturated carbocycles. The van der Waals surface area contributed by atoms with Crippen LogP contribution in [0.2, 0.25) is 0 Å². The first-order chi connectivity index (χ1) is 8.34. The molecule has 3 aliphatic carbocycles. The zero-order chi connectivity index (χ0) is 11.4. The molecule has 3 aliphatic rings. The van der Waals surface area contributed by atoms with E-state index in [0.717, 1.165) is 29.4 Å². The Morgan fingerprint density at radius 2 is 2.12 bits per heavy atom. The molecular weight excluding hydrogens is 214 g/mol. The molecule has 1 N–H and O–H groups in total. The predicted octanol–water partition coefficient (Wildman–Crippen LogP) is 2.19. The highest BCUT2D eigenvalue weighted by atomic mass is 16.3. The second-order valence-electron chi connectivity index (χ2n) is 5.81. The highest BCUT2D eigenvalue weighted by Crippen LogP contribution is 2.69. The summed E-state index contributed by atoms with van der Waals surface area (Å²) in [5.74, 6) is 4.61. The van der Waals surface area contributed by atoms with Crippen molar-refractivity contribution in [3.05, 3.63) is 24.2 Å². The number of nitrogens with one attached hydrogen (secondary N) is 1. The Bertz CT molecular complexity index is 423. The van der Waals surface area contributed by atoms with Gasteiger partial charge in [0.1, 0.15) is 5.76 Å². The van der Waals surface area contributed by atoms with Gasteiger partial charge < -0.3 is 9.73 Å². The van der Waals surface area contributed by atoms with Crippen LogP contribution in [0.5, 0.6) is 0 Å². The summed E-state index contributed by atoms with van der Waals surface area (Å²) in [7, 11) is 0. The quantitative estimate of drug-likeness (QED) is 0.866. The second-order valence-corrected chi connectivity index (χ2v) is 5.81. The SMILES string of the molecule is O=C(NCc1ccco1)C1[C@@H]2[C@H]3CC[C@@H](C3)[C@H]12. The van der Waals surface area contributed by atoms with Gasteiger partial charge in [0.15, 0.2) is 0 Å². The van der Waals surface area contributed by atoms with Crippen LogP contribution in [-0.4, -0.2) is 5.91 Å². The molecule has 1 aromatic rings. The van der Waals surface area contributed by atoms with Crippen LogP contribution >= 0.6 is 0 Å². The molecule has 1 unspecified atom stereocenters. The van der Waals surface area contributed by atoms with E-state index in [0.29, 0.717) is 12.5 Å². The van der Waals surface area contributed by atoms with Crippen molar-refractivity contribution >= 4 is 5.91 Å². The smallest absolute Gasteiger partial charge is 0.224 e. The van der Waals surface area contributed by atoms with Gasteiger partial charge in [0.05, 0.1) is 12.8 Å². The van der Waals surface area contributed by atoms with Crippen molar-refractivity contribution in [2.24, 2.45) is 29.6 Å². The van der Waals surface area contributed by atoms with E-state index in [2.05, 4.69) is 5.32 Å². The summed E-state index contributed by atoms with van der Waals surface area (Å²) in [6.45, 7) is 0.539. The number of hydrogen-bond donors (Lipinski definition) is 1. The molecular formula is C14H17NO2. The van der Waals surface area contributed by atoms with E-state index in [1.54, 1.807) is 6.26 Å². The lowest BCUT2D eigenvalue weighted by Crippen LogP contribution is -2.26. The number of hydrogen-bond acceptors (Lipinski definition) is 2. The van der Waals surface area contributed by atoms with Gasteiger partial charge in [-0.3, -0.25) is 4.79 Å². The zero-order valence-electron chi connectivity index (χ0n) is 9.76. The van der Waals surface area contributed by atoms with Gasteiger partial charge in [0.25, 0.3) is 0 Å². The Morgan fingerprint density at radius 3 is 2.76 bits per heavy atom. The number of carbonyl (C=O) groups excluding carboxylic acids is 1. The molecule has 2 bridgehead atoms. The van der Waals surface area contributed by atoms with E-state index < -0.39 is 0 Å². The lowest BCUT2D eigenvalue weighted by molar-refractivity contribution is -0.123. The lowest BCUT2D eigenvalue weighted by Gasteiger charge is -2.08. The monoisotopic (exact) mass is 231 g/mol. The summed E-state index contributed by atoms with van der Waals surface area (Å²) < 4.78 is 5.22. The molecule has 17 heavy (non-hydrogen) atoms. The molecule has 1 amide bonds.